The van der Waals surface area contributed by atoms with Gasteiger partial charge < -0.3 is 4.90 Å². The van der Waals surface area contributed by atoms with Crippen LogP contribution in [0.25, 0.3) is 17.1 Å². The Bertz CT molecular complexity index is 1270. The highest BCUT2D eigenvalue weighted by Crippen LogP contribution is 2.34. The molecule has 2 aromatic heterocycles. The third-order valence-electron chi connectivity index (χ3n) is 5.71. The van der Waals surface area contributed by atoms with Crippen LogP contribution in [0.3, 0.4) is 0 Å². The van der Waals surface area contributed by atoms with E-state index in [-0.39, 0.29) is 17.7 Å². The molecule has 1 atom stereocenters. The number of aryl methyl sites for hydroxylation is 1. The minimum Gasteiger partial charge on any atom is -0.308 e. The predicted octanol–water partition coefficient (Wildman–Crippen LogP) is 4.71. The summed E-state index contributed by atoms with van der Waals surface area (Å²) in [5.41, 5.74) is 5.21. The molecular weight excluding hydrogens is 418 g/mol. The topological polar surface area (TPSA) is 63.9 Å². The smallest absolute Gasteiger partial charge is 0.237 e. The first-order valence-corrected chi connectivity index (χ1v) is 11.6. The highest BCUT2D eigenvalue weighted by Gasteiger charge is 2.31. The van der Waals surface area contributed by atoms with Gasteiger partial charge in [0.05, 0.1) is 11.4 Å². The molecule has 7 heteroatoms. The first-order valence-electron chi connectivity index (χ1n) is 10.6. The number of thioether (sulfide) groups is 1. The molecule has 0 N–H and O–H groups in total. The number of fused-ring (bicyclic) bond motifs is 1. The van der Waals surface area contributed by atoms with E-state index in [1.54, 1.807) is 12.4 Å². The van der Waals surface area contributed by atoms with Crippen LogP contribution in [-0.4, -0.2) is 37.5 Å². The second kappa shape index (κ2) is 8.59. The number of aromatic nitrogens is 4. The zero-order valence-electron chi connectivity index (χ0n) is 18.0. The van der Waals surface area contributed by atoms with Crippen LogP contribution in [0.2, 0.25) is 0 Å². The molecule has 2 aromatic carbocycles. The molecule has 160 valence electrons. The van der Waals surface area contributed by atoms with E-state index in [0.29, 0.717) is 11.0 Å². The third kappa shape index (κ3) is 3.69. The molecule has 0 radical (unpaired) electrons. The van der Waals surface area contributed by atoms with Crippen molar-refractivity contribution in [3.8, 4) is 17.1 Å². The van der Waals surface area contributed by atoms with Crippen molar-refractivity contribution in [3.63, 3.8) is 0 Å². The van der Waals surface area contributed by atoms with Gasteiger partial charge in [-0.2, -0.15) is 0 Å². The van der Waals surface area contributed by atoms with Gasteiger partial charge in [-0.05, 0) is 55.7 Å². The number of para-hydroxylation sites is 2. The Labute approximate surface area is 191 Å². The minimum absolute atomic E-state index is 0.0784. The molecule has 0 aliphatic carbocycles. The monoisotopic (exact) mass is 441 g/mol. The standard InChI is InChI=1S/C25H23N5OS/c1-17-8-3-5-11-21(17)30-24(20-10-7-13-26-15-20)27-28-25(30)32-16-23(31)29-18(2)14-19-9-4-6-12-22(19)29/h3-13,15,18H,14,16H2,1-2H3. The fraction of sp³-hybridized carbons (Fsp3) is 0.200. The number of hydrogen-bond donors (Lipinski definition) is 0. The zero-order valence-corrected chi connectivity index (χ0v) is 18.8. The first-order chi connectivity index (χ1) is 15.6. The summed E-state index contributed by atoms with van der Waals surface area (Å²) in [5, 5.41) is 9.59. The van der Waals surface area contributed by atoms with Gasteiger partial charge in [-0.1, -0.05) is 48.2 Å². The van der Waals surface area contributed by atoms with Crippen LogP contribution in [0.15, 0.2) is 78.2 Å². The molecule has 0 saturated heterocycles. The van der Waals surface area contributed by atoms with E-state index in [0.717, 1.165) is 28.9 Å². The van der Waals surface area contributed by atoms with Gasteiger partial charge >= 0.3 is 0 Å². The fourth-order valence-electron chi connectivity index (χ4n) is 4.22. The lowest BCUT2D eigenvalue weighted by molar-refractivity contribution is -0.116. The van der Waals surface area contributed by atoms with Crippen molar-refractivity contribution < 1.29 is 4.79 Å². The number of carbonyl (C=O) groups excluding carboxylic acids is 1. The van der Waals surface area contributed by atoms with Crippen LogP contribution in [0, 0.1) is 6.92 Å². The Balaban J connectivity index is 1.46. The lowest BCUT2D eigenvalue weighted by Gasteiger charge is -2.22. The summed E-state index contributed by atoms with van der Waals surface area (Å²) < 4.78 is 2.02. The van der Waals surface area contributed by atoms with E-state index in [9.17, 15) is 4.79 Å². The molecule has 0 spiro atoms. The third-order valence-corrected chi connectivity index (χ3v) is 6.62. The lowest BCUT2D eigenvalue weighted by atomic mass is 10.1. The molecule has 1 aliphatic heterocycles. The molecular formula is C25H23N5OS. The van der Waals surface area contributed by atoms with Gasteiger partial charge in [0.25, 0.3) is 0 Å². The van der Waals surface area contributed by atoms with E-state index in [1.165, 1.54) is 17.3 Å². The quantitative estimate of drug-likeness (QED) is 0.420. The highest BCUT2D eigenvalue weighted by molar-refractivity contribution is 7.99. The summed E-state index contributed by atoms with van der Waals surface area (Å²) in [6.07, 6.45) is 4.40. The van der Waals surface area contributed by atoms with Gasteiger partial charge in [-0.15, -0.1) is 10.2 Å². The van der Waals surface area contributed by atoms with Gasteiger partial charge in [0.2, 0.25) is 5.91 Å². The van der Waals surface area contributed by atoms with Crippen LogP contribution < -0.4 is 4.90 Å². The average molecular weight is 442 g/mol. The van der Waals surface area contributed by atoms with Crippen molar-refractivity contribution in [1.29, 1.82) is 0 Å². The number of carbonyl (C=O) groups is 1. The van der Waals surface area contributed by atoms with Gasteiger partial charge in [-0.3, -0.25) is 14.3 Å². The van der Waals surface area contributed by atoms with Gasteiger partial charge in [0.1, 0.15) is 0 Å². The summed E-state index contributed by atoms with van der Waals surface area (Å²) in [6.45, 7) is 4.16. The van der Waals surface area contributed by atoms with E-state index >= 15 is 0 Å². The second-order valence-electron chi connectivity index (χ2n) is 7.90. The van der Waals surface area contributed by atoms with Gasteiger partial charge in [-0.25, -0.2) is 0 Å². The lowest BCUT2D eigenvalue weighted by Crippen LogP contribution is -2.37. The number of pyridine rings is 1. The van der Waals surface area contributed by atoms with Gasteiger partial charge in [0.15, 0.2) is 11.0 Å². The Hall–Kier alpha value is -3.45. The Morgan fingerprint density at radius 1 is 1.03 bits per heavy atom. The number of benzene rings is 2. The summed E-state index contributed by atoms with van der Waals surface area (Å²) in [6, 6.07) is 20.3. The summed E-state index contributed by atoms with van der Waals surface area (Å²) in [7, 11) is 0. The Morgan fingerprint density at radius 3 is 2.59 bits per heavy atom. The van der Waals surface area contributed by atoms with Crippen molar-refractivity contribution in [2.24, 2.45) is 0 Å². The molecule has 3 heterocycles. The van der Waals surface area contributed by atoms with Crippen molar-refractivity contribution >= 4 is 23.4 Å². The molecule has 32 heavy (non-hydrogen) atoms. The van der Waals surface area contributed by atoms with Crippen LogP contribution in [0.4, 0.5) is 5.69 Å². The average Bonchev–Trinajstić information content (AvgIpc) is 3.38. The number of amides is 1. The SMILES string of the molecule is Cc1ccccc1-n1c(SCC(=O)N2c3ccccc3CC2C)nnc1-c1cccnc1. The minimum atomic E-state index is 0.0784. The second-order valence-corrected chi connectivity index (χ2v) is 8.85. The largest absolute Gasteiger partial charge is 0.308 e. The summed E-state index contributed by atoms with van der Waals surface area (Å²) >= 11 is 1.42. The molecule has 6 nitrogen and oxygen atoms in total. The maximum absolute atomic E-state index is 13.2. The van der Waals surface area contributed by atoms with Crippen LogP contribution in [0.1, 0.15) is 18.1 Å². The number of rotatable bonds is 5. The van der Waals surface area contributed by atoms with E-state index in [4.69, 9.17) is 0 Å². The molecule has 1 amide bonds. The molecule has 4 aromatic rings. The predicted molar refractivity (Wildman–Crippen MR) is 127 cm³/mol. The maximum Gasteiger partial charge on any atom is 0.237 e. The van der Waals surface area contributed by atoms with Crippen molar-refractivity contribution in [2.45, 2.75) is 31.5 Å². The first kappa shape index (κ1) is 20.5. The Kier molecular flexibility index (Phi) is 5.49. The van der Waals surface area contributed by atoms with Gasteiger partial charge in [0, 0.05) is 29.7 Å². The van der Waals surface area contributed by atoms with Crippen molar-refractivity contribution in [3.05, 3.63) is 84.2 Å². The molecule has 1 unspecified atom stereocenters. The summed E-state index contributed by atoms with van der Waals surface area (Å²) in [4.78, 5) is 19.4. The van der Waals surface area contributed by atoms with Crippen molar-refractivity contribution in [2.75, 3.05) is 10.7 Å². The zero-order chi connectivity index (χ0) is 22.1. The molecule has 1 aliphatic rings. The molecule has 0 saturated carbocycles. The number of anilines is 1. The number of hydrogen-bond acceptors (Lipinski definition) is 5. The summed E-state index contributed by atoms with van der Waals surface area (Å²) in [5.74, 6) is 1.08. The van der Waals surface area contributed by atoms with E-state index in [2.05, 4.69) is 41.2 Å². The molecule has 5 rings (SSSR count). The normalized spacial score (nSPS) is 15.1. The number of nitrogens with zero attached hydrogens (tertiary/aromatic N) is 5. The van der Waals surface area contributed by atoms with Crippen molar-refractivity contribution in [1.82, 2.24) is 19.7 Å². The van der Waals surface area contributed by atoms with Crippen LogP contribution in [-0.2, 0) is 11.2 Å². The fourth-order valence-corrected chi connectivity index (χ4v) is 5.02. The molecule has 0 bridgehead atoms. The highest BCUT2D eigenvalue weighted by atomic mass is 32.2. The van der Waals surface area contributed by atoms with E-state index in [1.807, 2.05) is 58.0 Å². The maximum atomic E-state index is 13.2. The van der Waals surface area contributed by atoms with Crippen LogP contribution in [0.5, 0.6) is 0 Å². The Morgan fingerprint density at radius 2 is 1.81 bits per heavy atom. The van der Waals surface area contributed by atoms with E-state index < -0.39 is 0 Å². The molecule has 0 fully saturated rings. The van der Waals surface area contributed by atoms with Crippen LogP contribution >= 0.6 is 11.8 Å².